The summed E-state index contributed by atoms with van der Waals surface area (Å²) in [7, 11) is 5.45. The van der Waals surface area contributed by atoms with Crippen molar-refractivity contribution in [3.63, 3.8) is 0 Å². The number of nitriles is 2. The van der Waals surface area contributed by atoms with Crippen LogP contribution in [0.25, 0.3) is 0 Å². The van der Waals surface area contributed by atoms with Gasteiger partial charge in [0.25, 0.3) is 0 Å². The quantitative estimate of drug-likeness (QED) is 0.477. The van der Waals surface area contributed by atoms with Crippen LogP contribution in [0.4, 0.5) is 23.7 Å². The first kappa shape index (κ1) is 31.0. The van der Waals surface area contributed by atoms with E-state index in [1.165, 1.54) is 11.6 Å². The first-order valence-electron chi connectivity index (χ1n) is 12.6. The molecule has 0 bridgehead atoms. The molecule has 3 unspecified atom stereocenters. The van der Waals surface area contributed by atoms with Crippen molar-refractivity contribution < 1.29 is 37.3 Å². The van der Waals surface area contributed by atoms with Gasteiger partial charge in [-0.1, -0.05) is 6.07 Å². The summed E-state index contributed by atoms with van der Waals surface area (Å²) in [6.07, 6.45) is -1.36. The molecule has 2 fully saturated rings. The SMILES string of the molecule is COc1ccc(C23CCC(NC(=O)Nc4ccc(C#N)c(C#N)c4)CC2N(C)CC3)cc1OC.O=C(O)C(F)(F)F. The number of hydrogen-bond donors (Lipinski definition) is 3. The minimum atomic E-state index is -5.08. The van der Waals surface area contributed by atoms with Crippen LogP contribution in [0.2, 0.25) is 0 Å². The Kier molecular flexibility index (Phi) is 9.68. The van der Waals surface area contributed by atoms with E-state index in [4.69, 9.17) is 24.6 Å². The lowest BCUT2D eigenvalue weighted by molar-refractivity contribution is -0.192. The van der Waals surface area contributed by atoms with E-state index in [1.807, 2.05) is 18.2 Å². The zero-order chi connectivity index (χ0) is 30.4. The van der Waals surface area contributed by atoms with Gasteiger partial charge in [0.15, 0.2) is 11.5 Å². The lowest BCUT2D eigenvalue weighted by atomic mass is 9.65. The number of amides is 2. The molecule has 13 heteroatoms. The van der Waals surface area contributed by atoms with Crippen molar-refractivity contribution >= 4 is 17.7 Å². The van der Waals surface area contributed by atoms with Gasteiger partial charge >= 0.3 is 18.2 Å². The third-order valence-electron chi connectivity index (χ3n) is 7.58. The molecule has 4 rings (SSSR count). The fourth-order valence-corrected chi connectivity index (χ4v) is 5.56. The fourth-order valence-electron chi connectivity index (χ4n) is 5.56. The second kappa shape index (κ2) is 12.8. The number of fused-ring (bicyclic) bond motifs is 1. The Bertz CT molecular complexity index is 1370. The average molecular weight is 574 g/mol. The predicted molar refractivity (Wildman–Crippen MR) is 142 cm³/mol. The van der Waals surface area contributed by atoms with Gasteiger partial charge in [-0.15, -0.1) is 0 Å². The second-order valence-corrected chi connectivity index (χ2v) is 9.83. The molecular formula is C28H30F3N5O5. The number of benzene rings is 2. The molecule has 41 heavy (non-hydrogen) atoms. The number of carbonyl (C=O) groups is 2. The largest absolute Gasteiger partial charge is 0.493 e. The van der Waals surface area contributed by atoms with Crippen molar-refractivity contribution in [2.24, 2.45) is 0 Å². The Balaban J connectivity index is 0.000000587. The molecule has 10 nitrogen and oxygen atoms in total. The summed E-state index contributed by atoms with van der Waals surface area (Å²) >= 11 is 0. The van der Waals surface area contributed by atoms with Crippen LogP contribution in [0.1, 0.15) is 42.4 Å². The molecule has 1 heterocycles. The van der Waals surface area contributed by atoms with Crippen molar-refractivity contribution in [1.82, 2.24) is 10.2 Å². The van der Waals surface area contributed by atoms with Gasteiger partial charge in [0.2, 0.25) is 0 Å². The standard InChI is InChI=1S/C26H29N5O3.C2HF3O2/c1-31-11-10-26(19-5-7-22(33-2)23(13-19)34-3)9-8-21(14-24(26)31)30-25(32)29-20-6-4-17(15-27)18(12-20)16-28;3-2(4,5)1(6)7/h4-7,12-13,21,24H,8-11,14H2,1-3H3,(H2,29,30,32);(H,6,7). The van der Waals surface area contributed by atoms with Crippen molar-refractivity contribution in [3.05, 3.63) is 53.1 Å². The van der Waals surface area contributed by atoms with Gasteiger partial charge in [0, 0.05) is 23.2 Å². The Morgan fingerprint density at radius 1 is 1.05 bits per heavy atom. The van der Waals surface area contributed by atoms with E-state index in [1.54, 1.807) is 26.4 Å². The summed E-state index contributed by atoms with van der Waals surface area (Å²) in [5.41, 5.74) is 2.28. The number of methoxy groups -OCH3 is 2. The number of rotatable bonds is 5. The van der Waals surface area contributed by atoms with Gasteiger partial charge in [-0.3, -0.25) is 0 Å². The molecule has 2 aromatic carbocycles. The number of anilines is 1. The number of aliphatic carboxylic acids is 1. The highest BCUT2D eigenvalue weighted by atomic mass is 19.4. The van der Waals surface area contributed by atoms with Gasteiger partial charge in [-0.05, 0) is 75.2 Å². The number of carboxylic acid groups (broad SMARTS) is 1. The van der Waals surface area contributed by atoms with Gasteiger partial charge in [-0.25, -0.2) is 9.59 Å². The van der Waals surface area contributed by atoms with Gasteiger partial charge < -0.3 is 30.1 Å². The lowest BCUT2D eigenvalue weighted by Gasteiger charge is -2.45. The van der Waals surface area contributed by atoms with Gasteiger partial charge in [-0.2, -0.15) is 23.7 Å². The number of urea groups is 1. The van der Waals surface area contributed by atoms with E-state index < -0.39 is 12.1 Å². The number of ether oxygens (including phenoxy) is 2. The van der Waals surface area contributed by atoms with Crippen LogP contribution < -0.4 is 20.1 Å². The molecule has 218 valence electrons. The third-order valence-corrected chi connectivity index (χ3v) is 7.58. The van der Waals surface area contributed by atoms with Gasteiger partial charge in [0.05, 0.1) is 25.3 Å². The number of halogens is 3. The Labute approximate surface area is 235 Å². The summed E-state index contributed by atoms with van der Waals surface area (Å²) in [5.74, 6) is -1.30. The molecule has 2 aliphatic rings. The number of likely N-dealkylation sites (N-methyl/N-ethyl adjacent to an activating group) is 1. The second-order valence-electron chi connectivity index (χ2n) is 9.83. The number of hydrogen-bond acceptors (Lipinski definition) is 7. The van der Waals surface area contributed by atoms with E-state index in [0.717, 1.165) is 43.7 Å². The van der Waals surface area contributed by atoms with E-state index in [2.05, 4.69) is 34.7 Å². The van der Waals surface area contributed by atoms with E-state index in [9.17, 15) is 23.2 Å². The van der Waals surface area contributed by atoms with Crippen LogP contribution >= 0.6 is 0 Å². The molecule has 0 aromatic heterocycles. The molecule has 2 aromatic rings. The molecule has 1 aliphatic heterocycles. The van der Waals surface area contributed by atoms with Crippen molar-refractivity contribution in [2.75, 3.05) is 33.1 Å². The van der Waals surface area contributed by atoms with Crippen molar-refractivity contribution in [2.45, 2.75) is 49.4 Å². The van der Waals surface area contributed by atoms with Crippen LogP contribution in [0.5, 0.6) is 11.5 Å². The van der Waals surface area contributed by atoms with E-state index in [-0.39, 0.29) is 28.6 Å². The van der Waals surface area contributed by atoms with Crippen LogP contribution in [0.15, 0.2) is 36.4 Å². The molecule has 1 saturated carbocycles. The number of carbonyl (C=O) groups excluding carboxylic acids is 1. The Morgan fingerprint density at radius 3 is 2.29 bits per heavy atom. The molecule has 0 radical (unpaired) electrons. The van der Waals surface area contributed by atoms with Crippen LogP contribution in [-0.4, -0.2) is 68.1 Å². The minimum Gasteiger partial charge on any atom is -0.493 e. The zero-order valence-electron chi connectivity index (χ0n) is 22.7. The molecular weight excluding hydrogens is 543 g/mol. The summed E-state index contributed by atoms with van der Waals surface area (Å²) in [4.78, 5) is 24.0. The predicted octanol–water partition coefficient (Wildman–Crippen LogP) is 4.40. The third kappa shape index (κ3) is 6.99. The molecule has 0 spiro atoms. The lowest BCUT2D eigenvalue weighted by Crippen LogP contribution is -2.52. The number of nitrogens with one attached hydrogen (secondary N) is 2. The molecule has 2 amide bonds. The van der Waals surface area contributed by atoms with E-state index in [0.29, 0.717) is 11.7 Å². The topological polar surface area (TPSA) is 148 Å². The minimum absolute atomic E-state index is 0.0117. The number of nitrogens with zero attached hydrogens (tertiary/aromatic N) is 3. The number of likely N-dealkylation sites (tertiary alicyclic amines) is 1. The monoisotopic (exact) mass is 573 g/mol. The summed E-state index contributed by atoms with van der Waals surface area (Å²) in [6, 6.07) is 14.9. The maximum absolute atomic E-state index is 12.7. The van der Waals surface area contributed by atoms with Crippen LogP contribution in [-0.2, 0) is 10.2 Å². The maximum Gasteiger partial charge on any atom is 0.490 e. The normalized spacial score (nSPS) is 21.7. The number of carboxylic acids is 1. The molecule has 1 aliphatic carbocycles. The van der Waals surface area contributed by atoms with E-state index >= 15 is 0 Å². The van der Waals surface area contributed by atoms with Crippen LogP contribution in [0, 0.1) is 22.7 Å². The first-order valence-corrected chi connectivity index (χ1v) is 12.6. The molecule has 3 atom stereocenters. The summed E-state index contributed by atoms with van der Waals surface area (Å²) < 4.78 is 42.7. The van der Waals surface area contributed by atoms with Crippen molar-refractivity contribution in [1.29, 1.82) is 10.5 Å². The fraction of sp³-hybridized carbons (Fsp3) is 0.429. The Hall–Kier alpha value is -4.49. The first-order chi connectivity index (χ1) is 19.4. The van der Waals surface area contributed by atoms with Crippen LogP contribution in [0.3, 0.4) is 0 Å². The maximum atomic E-state index is 12.7. The highest BCUT2D eigenvalue weighted by Crippen LogP contribution is 2.49. The summed E-state index contributed by atoms with van der Waals surface area (Å²) in [5, 5.41) is 31.3. The highest BCUT2D eigenvalue weighted by Gasteiger charge is 2.50. The smallest absolute Gasteiger partial charge is 0.490 e. The highest BCUT2D eigenvalue weighted by molar-refractivity contribution is 5.89. The molecule has 1 saturated heterocycles. The average Bonchev–Trinajstić information content (AvgIpc) is 3.28. The van der Waals surface area contributed by atoms with Crippen molar-refractivity contribution in [3.8, 4) is 23.6 Å². The zero-order valence-corrected chi connectivity index (χ0v) is 22.7. The molecule has 3 N–H and O–H groups in total. The number of alkyl halides is 3. The summed E-state index contributed by atoms with van der Waals surface area (Å²) in [6.45, 7) is 1.00. The Morgan fingerprint density at radius 2 is 1.71 bits per heavy atom. The van der Waals surface area contributed by atoms with Gasteiger partial charge in [0.1, 0.15) is 12.1 Å².